The average Bonchev–Trinajstić information content (AvgIpc) is 2.62. The van der Waals surface area contributed by atoms with Crippen LogP contribution >= 0.6 is 0 Å². The number of esters is 1. The maximum absolute atomic E-state index is 11.7. The van der Waals surface area contributed by atoms with E-state index >= 15 is 0 Å². The van der Waals surface area contributed by atoms with Crippen LogP contribution in [0, 0.1) is 0 Å². The normalized spacial score (nSPS) is 10.8. The van der Waals surface area contributed by atoms with Crippen molar-refractivity contribution in [1.82, 2.24) is 0 Å². The fraction of sp³-hybridized carbons (Fsp3) is 0.682. The summed E-state index contributed by atoms with van der Waals surface area (Å²) < 4.78 is 5.22. The second-order valence-electron chi connectivity index (χ2n) is 7.08. The highest BCUT2D eigenvalue weighted by Crippen LogP contribution is 2.25. The fourth-order valence-corrected chi connectivity index (χ4v) is 3.01. The molecular formula is C22H36O4. The largest absolute Gasteiger partial charge is 0.504 e. The maximum atomic E-state index is 11.7. The number of benzene rings is 1. The van der Waals surface area contributed by atoms with Gasteiger partial charge in [-0.05, 0) is 24.1 Å². The Bertz CT molecular complexity index is 499. The summed E-state index contributed by atoms with van der Waals surface area (Å²) in [6, 6.07) is 4.65. The van der Waals surface area contributed by atoms with Crippen molar-refractivity contribution in [2.75, 3.05) is 6.61 Å². The zero-order valence-corrected chi connectivity index (χ0v) is 16.3. The van der Waals surface area contributed by atoms with Crippen LogP contribution in [-0.4, -0.2) is 22.8 Å². The monoisotopic (exact) mass is 364 g/mol. The van der Waals surface area contributed by atoms with Gasteiger partial charge in [-0.1, -0.05) is 77.2 Å². The van der Waals surface area contributed by atoms with Crippen LogP contribution in [0.3, 0.4) is 0 Å². The van der Waals surface area contributed by atoms with E-state index in [4.69, 9.17) is 4.74 Å². The van der Waals surface area contributed by atoms with Crippen molar-refractivity contribution in [3.8, 4) is 11.5 Å². The van der Waals surface area contributed by atoms with Gasteiger partial charge in [-0.25, -0.2) is 0 Å². The van der Waals surface area contributed by atoms with Gasteiger partial charge in [0.05, 0.1) is 6.61 Å². The van der Waals surface area contributed by atoms with Gasteiger partial charge >= 0.3 is 5.97 Å². The summed E-state index contributed by atoms with van der Waals surface area (Å²) in [5.74, 6) is -0.430. The van der Waals surface area contributed by atoms with Gasteiger partial charge in [0.1, 0.15) is 0 Å². The van der Waals surface area contributed by atoms with Gasteiger partial charge < -0.3 is 14.9 Å². The lowest BCUT2D eigenvalue weighted by Crippen LogP contribution is -2.07. The second kappa shape index (κ2) is 14.5. The smallest absolute Gasteiger partial charge is 0.305 e. The first-order valence-electron chi connectivity index (χ1n) is 10.3. The summed E-state index contributed by atoms with van der Waals surface area (Å²) in [6.07, 6.45) is 15.0. The molecule has 1 aromatic carbocycles. The molecule has 0 fully saturated rings. The molecule has 0 bridgehead atoms. The minimum atomic E-state index is -0.149. The van der Waals surface area contributed by atoms with Gasteiger partial charge in [-0.3, -0.25) is 4.79 Å². The third-order valence-electron chi connectivity index (χ3n) is 4.68. The number of aromatic hydroxyl groups is 2. The Hall–Kier alpha value is -1.71. The lowest BCUT2D eigenvalue weighted by atomic mass is 10.1. The first-order chi connectivity index (χ1) is 12.6. The highest BCUT2D eigenvalue weighted by Gasteiger charge is 2.05. The molecule has 0 aliphatic heterocycles. The van der Waals surface area contributed by atoms with Crippen LogP contribution in [0.25, 0.3) is 0 Å². The topological polar surface area (TPSA) is 66.8 Å². The molecule has 0 radical (unpaired) electrons. The average molecular weight is 365 g/mol. The molecule has 0 saturated heterocycles. The number of hydrogen-bond acceptors (Lipinski definition) is 4. The number of hydrogen-bond donors (Lipinski definition) is 2. The standard InChI is InChI=1S/C22H36O4/c1-2-3-4-5-6-7-8-9-10-11-12-13-22(25)26-17-16-19-14-15-20(23)21(24)18-19/h14-15,18,23-24H,2-13,16-17H2,1H3. The van der Waals surface area contributed by atoms with Crippen LogP contribution in [0.4, 0.5) is 0 Å². The van der Waals surface area contributed by atoms with Crippen molar-refractivity contribution < 1.29 is 19.7 Å². The van der Waals surface area contributed by atoms with Crippen LogP contribution < -0.4 is 0 Å². The van der Waals surface area contributed by atoms with Crippen LogP contribution in [0.5, 0.6) is 11.5 Å². The van der Waals surface area contributed by atoms with E-state index in [0.717, 1.165) is 18.4 Å². The molecule has 2 N–H and O–H groups in total. The van der Waals surface area contributed by atoms with Gasteiger partial charge in [0.25, 0.3) is 0 Å². The molecule has 0 aliphatic carbocycles. The van der Waals surface area contributed by atoms with E-state index in [0.29, 0.717) is 19.4 Å². The van der Waals surface area contributed by atoms with Gasteiger partial charge in [-0.2, -0.15) is 0 Å². The van der Waals surface area contributed by atoms with Crippen molar-refractivity contribution >= 4 is 5.97 Å². The van der Waals surface area contributed by atoms with Gasteiger partial charge in [0, 0.05) is 12.8 Å². The lowest BCUT2D eigenvalue weighted by molar-refractivity contribution is -0.143. The molecule has 1 aromatic rings. The molecule has 0 atom stereocenters. The summed E-state index contributed by atoms with van der Waals surface area (Å²) >= 11 is 0. The number of ether oxygens (including phenoxy) is 1. The number of carbonyl (C=O) groups is 1. The van der Waals surface area contributed by atoms with Crippen LogP contribution in [0.15, 0.2) is 18.2 Å². The minimum Gasteiger partial charge on any atom is -0.504 e. The second-order valence-corrected chi connectivity index (χ2v) is 7.08. The Morgan fingerprint density at radius 1 is 0.846 bits per heavy atom. The molecule has 0 amide bonds. The predicted molar refractivity (Wildman–Crippen MR) is 106 cm³/mol. The van der Waals surface area contributed by atoms with Crippen molar-refractivity contribution in [3.05, 3.63) is 23.8 Å². The highest BCUT2D eigenvalue weighted by molar-refractivity contribution is 5.69. The van der Waals surface area contributed by atoms with Crippen molar-refractivity contribution in [1.29, 1.82) is 0 Å². The van der Waals surface area contributed by atoms with E-state index in [9.17, 15) is 15.0 Å². The highest BCUT2D eigenvalue weighted by atomic mass is 16.5. The molecule has 0 saturated carbocycles. The summed E-state index contributed by atoms with van der Waals surface area (Å²) in [7, 11) is 0. The minimum absolute atomic E-state index is 0.137. The Kier molecular flexibility index (Phi) is 12.4. The van der Waals surface area contributed by atoms with Gasteiger partial charge in [0.2, 0.25) is 0 Å². The lowest BCUT2D eigenvalue weighted by Gasteiger charge is -2.06. The molecule has 0 unspecified atom stereocenters. The molecule has 1 rings (SSSR count). The number of phenols is 2. The van der Waals surface area contributed by atoms with Gasteiger partial charge in [0.15, 0.2) is 11.5 Å². The van der Waals surface area contributed by atoms with Crippen LogP contribution in [-0.2, 0) is 16.0 Å². The molecule has 4 heteroatoms. The Morgan fingerprint density at radius 3 is 2.00 bits per heavy atom. The van der Waals surface area contributed by atoms with E-state index in [1.54, 1.807) is 6.07 Å². The molecule has 4 nitrogen and oxygen atoms in total. The van der Waals surface area contributed by atoms with E-state index in [1.807, 2.05) is 0 Å². The third kappa shape index (κ3) is 11.0. The third-order valence-corrected chi connectivity index (χ3v) is 4.68. The molecule has 26 heavy (non-hydrogen) atoms. The molecule has 148 valence electrons. The molecule has 0 aromatic heterocycles. The first kappa shape index (κ1) is 22.3. The number of carbonyl (C=O) groups excluding carboxylic acids is 1. The first-order valence-corrected chi connectivity index (χ1v) is 10.3. The van der Waals surface area contributed by atoms with Gasteiger partial charge in [-0.15, -0.1) is 0 Å². The van der Waals surface area contributed by atoms with Crippen molar-refractivity contribution in [2.45, 2.75) is 90.4 Å². The number of rotatable bonds is 15. The molecule has 0 aliphatic rings. The van der Waals surface area contributed by atoms with E-state index in [-0.39, 0.29) is 17.5 Å². The van der Waals surface area contributed by atoms with E-state index in [1.165, 1.54) is 69.9 Å². The molecular weight excluding hydrogens is 328 g/mol. The SMILES string of the molecule is CCCCCCCCCCCCCC(=O)OCCc1ccc(O)c(O)c1. The summed E-state index contributed by atoms with van der Waals surface area (Å²) in [6.45, 7) is 2.55. The van der Waals surface area contributed by atoms with E-state index in [2.05, 4.69) is 6.92 Å². The predicted octanol–water partition coefficient (Wildman–Crippen LogP) is 5.88. The van der Waals surface area contributed by atoms with Crippen molar-refractivity contribution in [3.63, 3.8) is 0 Å². The number of unbranched alkanes of at least 4 members (excludes halogenated alkanes) is 10. The zero-order chi connectivity index (χ0) is 19.0. The molecule has 0 spiro atoms. The van der Waals surface area contributed by atoms with E-state index < -0.39 is 0 Å². The van der Waals surface area contributed by atoms with Crippen molar-refractivity contribution in [2.24, 2.45) is 0 Å². The number of phenolic OH excluding ortho intramolecular Hbond substituents is 2. The van der Waals surface area contributed by atoms with Crippen LogP contribution in [0.1, 0.15) is 89.5 Å². The Labute approximate surface area is 158 Å². The Morgan fingerprint density at radius 2 is 1.42 bits per heavy atom. The summed E-state index contributed by atoms with van der Waals surface area (Å²) in [5.41, 5.74) is 0.836. The summed E-state index contributed by atoms with van der Waals surface area (Å²) in [5, 5.41) is 18.7. The fourth-order valence-electron chi connectivity index (χ4n) is 3.01. The maximum Gasteiger partial charge on any atom is 0.305 e. The Balaban J connectivity index is 1.91. The molecule has 0 heterocycles. The zero-order valence-electron chi connectivity index (χ0n) is 16.3. The quantitative estimate of drug-likeness (QED) is 0.231. The van der Waals surface area contributed by atoms with Crippen LogP contribution in [0.2, 0.25) is 0 Å². The summed E-state index contributed by atoms with van der Waals surface area (Å²) in [4.78, 5) is 11.7.